The third kappa shape index (κ3) is 2.37. The second-order valence-corrected chi connectivity index (χ2v) is 2.96. The number of carbonyl (C=O) groups is 1. The molecule has 1 N–H and O–H groups in total. The highest BCUT2D eigenvalue weighted by molar-refractivity contribution is 5.86. The lowest BCUT2D eigenvalue weighted by Crippen LogP contribution is -1.93. The second kappa shape index (κ2) is 5.20. The number of hydrogen-bond acceptors (Lipinski definition) is 1. The number of hydrogen-bond donors (Lipinski definition) is 1. The highest BCUT2D eigenvalue weighted by Gasteiger charge is 1.98. The summed E-state index contributed by atoms with van der Waals surface area (Å²) in [5.41, 5.74) is 1.94. The van der Waals surface area contributed by atoms with Gasteiger partial charge in [-0.25, -0.2) is 0 Å². The maximum absolute atomic E-state index is 10.2. The maximum Gasteiger partial charge on any atom is 0.211 e. The van der Waals surface area contributed by atoms with E-state index in [4.69, 9.17) is 0 Å². The van der Waals surface area contributed by atoms with Gasteiger partial charge in [-0.2, -0.15) is 0 Å². The highest BCUT2D eigenvalue weighted by atomic mass is 16.1. The summed E-state index contributed by atoms with van der Waals surface area (Å²) in [6.07, 6.45) is 2.68. The average Bonchev–Trinajstić information content (AvgIpc) is 2.64. The lowest BCUT2D eigenvalue weighted by Gasteiger charge is -2.00. The van der Waals surface area contributed by atoms with Crippen LogP contribution in [-0.4, -0.2) is 11.0 Å². The molecule has 3 heteroatoms. The van der Waals surface area contributed by atoms with E-state index in [0.29, 0.717) is 6.41 Å². The zero-order chi connectivity index (χ0) is 11.3. The molecule has 0 bridgehead atoms. The van der Waals surface area contributed by atoms with Crippen LogP contribution in [0.2, 0.25) is 0 Å². The molecule has 1 heterocycles. The Balaban J connectivity index is 0.000000531. The van der Waals surface area contributed by atoms with Crippen molar-refractivity contribution in [3.8, 4) is 0 Å². The standard InChI is InChI=1S/C10H10N2O.C2H6/c1-12-5-4-8-2-3-9(11-7-13)6-10(8)12;1-2/h2-7H,1H3,(H,11,13);1-2H3. The van der Waals surface area contributed by atoms with Crippen LogP contribution in [0.4, 0.5) is 5.69 Å². The Morgan fingerprint density at radius 2 is 2.00 bits per heavy atom. The molecule has 0 aliphatic rings. The van der Waals surface area contributed by atoms with Gasteiger partial charge in [-0.05, 0) is 23.6 Å². The molecule has 0 saturated heterocycles. The van der Waals surface area contributed by atoms with Gasteiger partial charge >= 0.3 is 0 Å². The maximum atomic E-state index is 10.2. The van der Waals surface area contributed by atoms with Crippen LogP contribution >= 0.6 is 0 Å². The van der Waals surface area contributed by atoms with Crippen molar-refractivity contribution in [1.29, 1.82) is 0 Å². The van der Waals surface area contributed by atoms with Gasteiger partial charge in [-0.15, -0.1) is 0 Å². The molecule has 0 aliphatic carbocycles. The predicted octanol–water partition coefficient (Wildman–Crippen LogP) is 2.77. The van der Waals surface area contributed by atoms with Gasteiger partial charge in [-0.3, -0.25) is 4.79 Å². The van der Waals surface area contributed by atoms with Gasteiger partial charge < -0.3 is 9.88 Å². The quantitative estimate of drug-likeness (QED) is 0.750. The van der Waals surface area contributed by atoms with E-state index >= 15 is 0 Å². The molecule has 2 aromatic rings. The summed E-state index contributed by atoms with van der Waals surface area (Å²) in [7, 11) is 1.98. The van der Waals surface area contributed by atoms with Gasteiger partial charge in [0.2, 0.25) is 6.41 Å². The SMILES string of the molecule is CC.Cn1ccc2ccc(NC=O)cc21. The fraction of sp³-hybridized carbons (Fsp3) is 0.250. The Morgan fingerprint density at radius 3 is 2.67 bits per heavy atom. The third-order valence-corrected chi connectivity index (χ3v) is 2.11. The van der Waals surface area contributed by atoms with Crippen molar-refractivity contribution in [3.63, 3.8) is 0 Å². The molecule has 80 valence electrons. The van der Waals surface area contributed by atoms with Crippen LogP contribution in [0.15, 0.2) is 30.5 Å². The first-order chi connectivity index (χ1) is 7.31. The number of anilines is 1. The fourth-order valence-corrected chi connectivity index (χ4v) is 1.42. The Labute approximate surface area is 89.7 Å². The van der Waals surface area contributed by atoms with Gasteiger partial charge in [0.05, 0.1) is 0 Å². The number of amides is 1. The second-order valence-electron chi connectivity index (χ2n) is 2.96. The van der Waals surface area contributed by atoms with Gasteiger partial charge in [0.25, 0.3) is 0 Å². The number of aromatic nitrogens is 1. The van der Waals surface area contributed by atoms with Crippen molar-refractivity contribution >= 4 is 23.0 Å². The average molecular weight is 204 g/mol. The summed E-state index contributed by atoms with van der Waals surface area (Å²) in [6, 6.07) is 7.86. The molecule has 0 spiro atoms. The van der Waals surface area contributed by atoms with E-state index < -0.39 is 0 Å². The summed E-state index contributed by atoms with van der Waals surface area (Å²) in [6.45, 7) is 4.00. The molecule has 0 fully saturated rings. The Hall–Kier alpha value is -1.77. The zero-order valence-corrected chi connectivity index (χ0v) is 9.32. The fourth-order valence-electron chi connectivity index (χ4n) is 1.42. The number of nitrogens with zero attached hydrogens (tertiary/aromatic N) is 1. The number of rotatable bonds is 2. The Kier molecular flexibility index (Phi) is 3.92. The molecule has 0 atom stereocenters. The van der Waals surface area contributed by atoms with E-state index in [1.807, 2.05) is 55.9 Å². The van der Waals surface area contributed by atoms with E-state index in [1.165, 1.54) is 5.39 Å². The first-order valence-corrected chi connectivity index (χ1v) is 5.06. The first-order valence-electron chi connectivity index (χ1n) is 5.06. The van der Waals surface area contributed by atoms with E-state index in [9.17, 15) is 4.79 Å². The molecule has 0 unspecified atom stereocenters. The molecule has 0 saturated carbocycles. The molecule has 1 amide bonds. The van der Waals surface area contributed by atoms with Gasteiger partial charge in [0, 0.05) is 24.4 Å². The smallest absolute Gasteiger partial charge is 0.211 e. The summed E-state index contributed by atoms with van der Waals surface area (Å²) >= 11 is 0. The third-order valence-electron chi connectivity index (χ3n) is 2.11. The zero-order valence-electron chi connectivity index (χ0n) is 9.32. The predicted molar refractivity (Wildman–Crippen MR) is 64.0 cm³/mol. The van der Waals surface area contributed by atoms with Gasteiger partial charge in [-0.1, -0.05) is 19.9 Å². The minimum atomic E-state index is 0.685. The molecule has 0 radical (unpaired) electrons. The monoisotopic (exact) mass is 204 g/mol. The largest absolute Gasteiger partial charge is 0.350 e. The van der Waals surface area contributed by atoms with Crippen LogP contribution in [0.25, 0.3) is 10.9 Å². The minimum absolute atomic E-state index is 0.685. The molecule has 1 aromatic carbocycles. The van der Waals surface area contributed by atoms with E-state index in [0.717, 1.165) is 11.2 Å². The highest BCUT2D eigenvalue weighted by Crippen LogP contribution is 2.18. The van der Waals surface area contributed by atoms with E-state index in [2.05, 4.69) is 5.32 Å². The van der Waals surface area contributed by atoms with Crippen molar-refractivity contribution in [2.75, 3.05) is 5.32 Å². The van der Waals surface area contributed by atoms with Crippen LogP contribution in [-0.2, 0) is 11.8 Å². The van der Waals surface area contributed by atoms with Crippen molar-refractivity contribution in [1.82, 2.24) is 4.57 Å². The number of benzene rings is 1. The summed E-state index contributed by atoms with van der Waals surface area (Å²) in [4.78, 5) is 10.2. The van der Waals surface area contributed by atoms with Crippen molar-refractivity contribution in [3.05, 3.63) is 30.5 Å². The van der Waals surface area contributed by atoms with Gasteiger partial charge in [0.15, 0.2) is 0 Å². The number of nitrogens with one attached hydrogen (secondary N) is 1. The molecule has 1 aromatic heterocycles. The Morgan fingerprint density at radius 1 is 1.27 bits per heavy atom. The Bertz CT molecular complexity index is 446. The molecule has 3 nitrogen and oxygen atoms in total. The van der Waals surface area contributed by atoms with Gasteiger partial charge in [0.1, 0.15) is 0 Å². The minimum Gasteiger partial charge on any atom is -0.350 e. The van der Waals surface area contributed by atoms with E-state index in [-0.39, 0.29) is 0 Å². The molecule has 15 heavy (non-hydrogen) atoms. The number of aryl methyl sites for hydroxylation is 1. The molecular weight excluding hydrogens is 188 g/mol. The molecule has 2 rings (SSSR count). The van der Waals surface area contributed by atoms with Crippen LogP contribution in [0, 0.1) is 0 Å². The summed E-state index contributed by atoms with van der Waals surface area (Å²) in [5, 5.41) is 3.80. The first kappa shape index (κ1) is 11.3. The normalized spacial score (nSPS) is 9.27. The van der Waals surface area contributed by atoms with Crippen LogP contribution < -0.4 is 5.32 Å². The number of fused-ring (bicyclic) bond motifs is 1. The topological polar surface area (TPSA) is 34.0 Å². The lowest BCUT2D eigenvalue weighted by molar-refractivity contribution is -0.105. The van der Waals surface area contributed by atoms with Crippen molar-refractivity contribution in [2.45, 2.75) is 13.8 Å². The summed E-state index contributed by atoms with van der Waals surface area (Å²) in [5.74, 6) is 0. The van der Waals surface area contributed by atoms with Crippen LogP contribution in [0.1, 0.15) is 13.8 Å². The van der Waals surface area contributed by atoms with Crippen molar-refractivity contribution in [2.24, 2.45) is 7.05 Å². The van der Waals surface area contributed by atoms with Crippen LogP contribution in [0.5, 0.6) is 0 Å². The van der Waals surface area contributed by atoms with Crippen molar-refractivity contribution < 1.29 is 4.79 Å². The lowest BCUT2D eigenvalue weighted by atomic mass is 10.2. The molecule has 0 aliphatic heterocycles. The number of carbonyl (C=O) groups excluding carboxylic acids is 1. The van der Waals surface area contributed by atoms with Crippen LogP contribution in [0.3, 0.4) is 0 Å². The summed E-state index contributed by atoms with van der Waals surface area (Å²) < 4.78 is 2.02. The molecular formula is C12H16N2O. The van der Waals surface area contributed by atoms with E-state index in [1.54, 1.807) is 0 Å².